The molecule has 1 aliphatic heterocycles. The predicted molar refractivity (Wildman–Crippen MR) is 85.0 cm³/mol. The summed E-state index contributed by atoms with van der Waals surface area (Å²) in [5, 5.41) is 4.49. The van der Waals surface area contributed by atoms with Gasteiger partial charge in [0.1, 0.15) is 11.7 Å². The molecule has 0 aliphatic carbocycles. The second-order valence-corrected chi connectivity index (χ2v) is 5.54. The van der Waals surface area contributed by atoms with E-state index in [1.807, 2.05) is 30.3 Å². The van der Waals surface area contributed by atoms with Gasteiger partial charge in [0.2, 0.25) is 0 Å². The van der Waals surface area contributed by atoms with Crippen LogP contribution in [0.1, 0.15) is 35.8 Å². The number of nitrogens with one attached hydrogen (secondary N) is 1. The van der Waals surface area contributed by atoms with E-state index < -0.39 is 17.9 Å². The van der Waals surface area contributed by atoms with E-state index in [0.29, 0.717) is 5.56 Å². The van der Waals surface area contributed by atoms with Crippen molar-refractivity contribution in [3.63, 3.8) is 0 Å². The Morgan fingerprint density at radius 1 is 1.22 bits per heavy atom. The van der Waals surface area contributed by atoms with Crippen molar-refractivity contribution < 1.29 is 19.1 Å². The fraction of sp³-hybridized carbons (Fsp3) is 0.278. The zero-order chi connectivity index (χ0) is 16.6. The summed E-state index contributed by atoms with van der Waals surface area (Å²) < 4.78 is 5.03. The highest BCUT2D eigenvalue weighted by molar-refractivity contribution is 6.12. The third-order valence-corrected chi connectivity index (χ3v) is 4.12. The molecule has 0 saturated heterocycles. The average Bonchev–Trinajstić information content (AvgIpc) is 2.52. The summed E-state index contributed by atoms with van der Waals surface area (Å²) in [5.41, 5.74) is 1.33. The summed E-state index contributed by atoms with van der Waals surface area (Å²) in [4.78, 5) is 36.7. The van der Waals surface area contributed by atoms with Crippen molar-refractivity contribution in [2.24, 2.45) is 5.92 Å². The van der Waals surface area contributed by atoms with Crippen LogP contribution in [0.5, 0.6) is 0 Å². The minimum Gasteiger partial charge on any atom is -0.465 e. The molecule has 5 heteroatoms. The van der Waals surface area contributed by atoms with E-state index in [9.17, 15) is 14.4 Å². The molecule has 23 heavy (non-hydrogen) atoms. The molecule has 0 fully saturated rings. The molecule has 0 saturated carbocycles. The fourth-order valence-corrected chi connectivity index (χ4v) is 3.15. The van der Waals surface area contributed by atoms with Crippen molar-refractivity contribution in [2.45, 2.75) is 19.9 Å². The molecule has 2 atom stereocenters. The Morgan fingerprint density at radius 3 is 2.57 bits per heavy atom. The average molecular weight is 311 g/mol. The summed E-state index contributed by atoms with van der Waals surface area (Å²) >= 11 is 0. The van der Waals surface area contributed by atoms with Crippen LogP contribution < -0.4 is 5.32 Å². The van der Waals surface area contributed by atoms with Crippen LogP contribution in [0, 0.1) is 5.92 Å². The van der Waals surface area contributed by atoms with Crippen LogP contribution in [-0.2, 0) is 14.3 Å². The molecule has 0 aromatic heterocycles. The standard InChI is InChI=1S/C18H17NO4/c1-3-23-18(22)14(10(2)20)16-12-8-4-6-11-7-5-9-13(15(11)12)17(21)19-16/h4-9,14,16H,3H2,1-2H3,(H,19,21). The molecule has 118 valence electrons. The van der Waals surface area contributed by atoms with Gasteiger partial charge >= 0.3 is 5.97 Å². The third-order valence-electron chi connectivity index (χ3n) is 4.12. The molecule has 1 amide bonds. The molecule has 3 rings (SSSR count). The Bertz CT molecular complexity index is 807. The maximum Gasteiger partial charge on any atom is 0.318 e. The van der Waals surface area contributed by atoms with E-state index in [1.165, 1.54) is 6.92 Å². The number of ketones is 1. The normalized spacial score (nSPS) is 17.5. The van der Waals surface area contributed by atoms with Crippen molar-refractivity contribution in [1.82, 2.24) is 5.32 Å². The van der Waals surface area contributed by atoms with Gasteiger partial charge in [-0.2, -0.15) is 0 Å². The molecule has 1 heterocycles. The minimum absolute atomic E-state index is 0.185. The molecule has 2 unspecified atom stereocenters. The summed E-state index contributed by atoms with van der Waals surface area (Å²) in [7, 11) is 0. The first-order valence-electron chi connectivity index (χ1n) is 7.54. The molecule has 5 nitrogen and oxygen atoms in total. The van der Waals surface area contributed by atoms with E-state index in [4.69, 9.17) is 4.74 Å². The topological polar surface area (TPSA) is 72.5 Å². The van der Waals surface area contributed by atoms with E-state index in [2.05, 4.69) is 5.32 Å². The van der Waals surface area contributed by atoms with Crippen molar-refractivity contribution >= 4 is 28.4 Å². The van der Waals surface area contributed by atoms with Crippen LogP contribution in [0.2, 0.25) is 0 Å². The number of hydrogen-bond donors (Lipinski definition) is 1. The van der Waals surface area contributed by atoms with E-state index >= 15 is 0 Å². The summed E-state index contributed by atoms with van der Waals surface area (Å²) in [5.74, 6) is -2.26. The fourth-order valence-electron chi connectivity index (χ4n) is 3.15. The number of carbonyl (C=O) groups is 3. The van der Waals surface area contributed by atoms with Gasteiger partial charge in [-0.15, -0.1) is 0 Å². The minimum atomic E-state index is -1.04. The van der Waals surface area contributed by atoms with Gasteiger partial charge in [0, 0.05) is 5.56 Å². The zero-order valence-corrected chi connectivity index (χ0v) is 13.0. The quantitative estimate of drug-likeness (QED) is 0.695. The number of amides is 1. The Morgan fingerprint density at radius 2 is 1.91 bits per heavy atom. The van der Waals surface area contributed by atoms with Gasteiger partial charge in [0.25, 0.3) is 5.91 Å². The number of hydrogen-bond acceptors (Lipinski definition) is 4. The summed E-state index contributed by atoms with van der Waals surface area (Å²) in [6.07, 6.45) is 0. The van der Waals surface area contributed by atoms with Gasteiger partial charge in [-0.25, -0.2) is 0 Å². The second kappa shape index (κ2) is 5.83. The van der Waals surface area contributed by atoms with Crippen molar-refractivity contribution in [3.05, 3.63) is 47.5 Å². The van der Waals surface area contributed by atoms with E-state index in [-0.39, 0.29) is 18.3 Å². The highest BCUT2D eigenvalue weighted by Crippen LogP contribution is 2.36. The molecule has 0 spiro atoms. The monoisotopic (exact) mass is 311 g/mol. The molecule has 0 radical (unpaired) electrons. The largest absolute Gasteiger partial charge is 0.465 e. The Labute approximate surface area is 133 Å². The Hall–Kier alpha value is -2.69. The first-order chi connectivity index (χ1) is 11.0. The van der Waals surface area contributed by atoms with Gasteiger partial charge in [-0.1, -0.05) is 30.3 Å². The molecule has 2 aromatic carbocycles. The van der Waals surface area contributed by atoms with Crippen molar-refractivity contribution in [3.8, 4) is 0 Å². The molecular weight excluding hydrogens is 294 g/mol. The number of benzene rings is 2. The van der Waals surface area contributed by atoms with E-state index in [0.717, 1.165) is 16.3 Å². The molecule has 0 bridgehead atoms. The second-order valence-electron chi connectivity index (χ2n) is 5.54. The molecule has 1 aliphatic rings. The molecule has 1 N–H and O–H groups in total. The maximum absolute atomic E-state index is 12.4. The SMILES string of the molecule is CCOC(=O)C(C(C)=O)C1NC(=O)c2cccc3cccc1c23. The number of rotatable bonds is 4. The first kappa shape index (κ1) is 15.2. The van der Waals surface area contributed by atoms with Crippen molar-refractivity contribution in [2.75, 3.05) is 6.61 Å². The zero-order valence-electron chi connectivity index (χ0n) is 13.0. The van der Waals surface area contributed by atoms with Crippen LogP contribution in [-0.4, -0.2) is 24.3 Å². The molecule has 2 aromatic rings. The van der Waals surface area contributed by atoms with Gasteiger partial charge in [0.05, 0.1) is 12.6 Å². The van der Waals surface area contributed by atoms with Crippen LogP contribution in [0.4, 0.5) is 0 Å². The lowest BCUT2D eigenvalue weighted by atomic mass is 9.83. The summed E-state index contributed by atoms with van der Waals surface area (Å²) in [6.45, 7) is 3.21. The Kier molecular flexibility index (Phi) is 3.86. The predicted octanol–water partition coefficient (Wildman–Crippen LogP) is 2.39. The van der Waals surface area contributed by atoms with Crippen LogP contribution in [0.3, 0.4) is 0 Å². The van der Waals surface area contributed by atoms with Gasteiger partial charge in [-0.3, -0.25) is 14.4 Å². The van der Waals surface area contributed by atoms with Gasteiger partial charge in [-0.05, 0) is 36.2 Å². The summed E-state index contributed by atoms with van der Waals surface area (Å²) in [6, 6.07) is 10.4. The molecular formula is C18H17NO4. The lowest BCUT2D eigenvalue weighted by Gasteiger charge is -2.30. The third kappa shape index (κ3) is 2.48. The number of ether oxygens (including phenoxy) is 1. The smallest absolute Gasteiger partial charge is 0.318 e. The van der Waals surface area contributed by atoms with Crippen LogP contribution in [0.15, 0.2) is 36.4 Å². The highest BCUT2D eigenvalue weighted by Gasteiger charge is 2.39. The number of Topliss-reactive ketones (excluding diaryl/α,β-unsaturated/α-hetero) is 1. The van der Waals surface area contributed by atoms with Crippen LogP contribution in [0.25, 0.3) is 10.8 Å². The first-order valence-corrected chi connectivity index (χ1v) is 7.54. The lowest BCUT2D eigenvalue weighted by Crippen LogP contribution is -2.43. The van der Waals surface area contributed by atoms with Crippen molar-refractivity contribution in [1.29, 1.82) is 0 Å². The number of carbonyl (C=O) groups excluding carboxylic acids is 3. The Balaban J connectivity index is 2.18. The highest BCUT2D eigenvalue weighted by atomic mass is 16.5. The maximum atomic E-state index is 12.4. The van der Waals surface area contributed by atoms with Gasteiger partial charge < -0.3 is 10.1 Å². The lowest BCUT2D eigenvalue weighted by molar-refractivity contribution is -0.152. The van der Waals surface area contributed by atoms with Crippen LogP contribution >= 0.6 is 0 Å². The van der Waals surface area contributed by atoms with Gasteiger partial charge in [0.15, 0.2) is 0 Å². The van der Waals surface area contributed by atoms with E-state index in [1.54, 1.807) is 13.0 Å². The number of esters is 1.